The van der Waals surface area contributed by atoms with Crippen LogP contribution in [0.15, 0.2) is 58.4 Å². The van der Waals surface area contributed by atoms with Gasteiger partial charge in [0, 0.05) is 15.5 Å². The van der Waals surface area contributed by atoms with Crippen LogP contribution in [0.4, 0.5) is 0 Å². The molecule has 0 bridgehead atoms. The number of hydrazine groups is 1. The Hall–Kier alpha value is -1.63. The van der Waals surface area contributed by atoms with E-state index in [4.69, 9.17) is 16.3 Å². The molecule has 0 unspecified atom stereocenters. The van der Waals surface area contributed by atoms with Gasteiger partial charge < -0.3 is 4.74 Å². The fourth-order valence-electron chi connectivity index (χ4n) is 1.94. The van der Waals surface area contributed by atoms with Crippen LogP contribution in [0.3, 0.4) is 0 Å². The van der Waals surface area contributed by atoms with Gasteiger partial charge in [0.1, 0.15) is 5.75 Å². The van der Waals surface area contributed by atoms with E-state index in [1.807, 2.05) is 37.3 Å². The molecule has 0 aliphatic carbocycles. The van der Waals surface area contributed by atoms with Gasteiger partial charge in [-0.15, -0.1) is 11.8 Å². The lowest BCUT2D eigenvalue weighted by molar-refractivity contribution is -0.120. The molecule has 0 spiro atoms. The van der Waals surface area contributed by atoms with Gasteiger partial charge in [0.05, 0.1) is 22.5 Å². The van der Waals surface area contributed by atoms with Crippen molar-refractivity contribution in [2.75, 3.05) is 7.11 Å². The molecule has 0 aromatic heterocycles. The average Bonchev–Trinajstić information content (AvgIpc) is 2.61. The minimum Gasteiger partial charge on any atom is -0.496 e. The molecule has 1 amide bonds. The van der Waals surface area contributed by atoms with E-state index in [-0.39, 0.29) is 11.2 Å². The zero-order valence-electron chi connectivity index (χ0n) is 13.8. The van der Waals surface area contributed by atoms with Gasteiger partial charge in [-0.2, -0.15) is 0 Å². The highest BCUT2D eigenvalue weighted by atomic mass is 79.9. The van der Waals surface area contributed by atoms with Gasteiger partial charge in [0.15, 0.2) is 0 Å². The SMILES string of the molecule is C=C(NNC(=O)[C@H](C)Sc1ccc(Cl)cc1)c1ccc(OC)c(Br)c1. The Labute approximate surface area is 165 Å². The molecule has 0 aliphatic rings. The molecule has 2 aromatic rings. The third-order valence-corrected chi connectivity index (χ3v) is 5.32. The number of thioether (sulfide) groups is 1. The lowest BCUT2D eigenvalue weighted by Crippen LogP contribution is -2.40. The molecule has 25 heavy (non-hydrogen) atoms. The second-order valence-electron chi connectivity index (χ2n) is 5.16. The second-order valence-corrected chi connectivity index (χ2v) is 7.86. The van der Waals surface area contributed by atoms with Gasteiger partial charge in [0.25, 0.3) is 5.91 Å². The Balaban J connectivity index is 1.89. The molecule has 0 aliphatic heterocycles. The van der Waals surface area contributed by atoms with Crippen molar-refractivity contribution in [1.82, 2.24) is 10.9 Å². The highest BCUT2D eigenvalue weighted by Gasteiger charge is 2.14. The molecule has 4 nitrogen and oxygen atoms in total. The second kappa shape index (κ2) is 9.17. The largest absolute Gasteiger partial charge is 0.496 e. The first-order chi connectivity index (χ1) is 11.9. The molecule has 0 fully saturated rings. The standard InChI is InChI=1S/C18H18BrClN2O2S/c1-11(13-4-9-17(24-3)16(19)10-13)21-22-18(23)12(2)25-15-7-5-14(20)6-8-15/h4-10,12,21H,1H2,2-3H3,(H,22,23)/t12-/m0/s1. The topological polar surface area (TPSA) is 50.4 Å². The lowest BCUT2D eigenvalue weighted by Gasteiger charge is -2.15. The van der Waals surface area contributed by atoms with Crippen molar-refractivity contribution in [1.29, 1.82) is 0 Å². The summed E-state index contributed by atoms with van der Waals surface area (Å²) in [6.45, 7) is 5.77. The summed E-state index contributed by atoms with van der Waals surface area (Å²) in [5, 5.41) is 0.397. The van der Waals surface area contributed by atoms with E-state index in [0.717, 1.165) is 20.7 Å². The summed E-state index contributed by atoms with van der Waals surface area (Å²) in [5.41, 5.74) is 6.95. The van der Waals surface area contributed by atoms with Crippen LogP contribution in [0.25, 0.3) is 5.70 Å². The molecule has 0 radical (unpaired) electrons. The first kappa shape index (κ1) is 19.7. The molecule has 1 atom stereocenters. The monoisotopic (exact) mass is 440 g/mol. The van der Waals surface area contributed by atoms with Crippen molar-refractivity contribution < 1.29 is 9.53 Å². The molecular weight excluding hydrogens is 424 g/mol. The van der Waals surface area contributed by atoms with Gasteiger partial charge in [0.2, 0.25) is 0 Å². The fraction of sp³-hybridized carbons (Fsp3) is 0.167. The van der Waals surface area contributed by atoms with E-state index in [1.165, 1.54) is 11.8 Å². The van der Waals surface area contributed by atoms with Crippen LogP contribution in [0.2, 0.25) is 5.02 Å². The number of halogens is 2. The Kier molecular flexibility index (Phi) is 7.23. The Morgan fingerprint density at radius 2 is 1.92 bits per heavy atom. The summed E-state index contributed by atoms with van der Waals surface area (Å²) in [6, 6.07) is 12.9. The van der Waals surface area contributed by atoms with Crippen LogP contribution >= 0.6 is 39.3 Å². The third-order valence-electron chi connectivity index (χ3n) is 3.33. The average molecular weight is 442 g/mol. The number of hydrogen-bond acceptors (Lipinski definition) is 4. The zero-order valence-corrected chi connectivity index (χ0v) is 17.0. The number of amides is 1. The van der Waals surface area contributed by atoms with Crippen molar-refractivity contribution in [3.05, 3.63) is 64.1 Å². The smallest absolute Gasteiger partial charge is 0.251 e. The van der Waals surface area contributed by atoms with Gasteiger partial charge in [-0.3, -0.25) is 15.6 Å². The van der Waals surface area contributed by atoms with E-state index in [0.29, 0.717) is 10.7 Å². The molecule has 2 aromatic carbocycles. The first-order valence-electron chi connectivity index (χ1n) is 7.41. The summed E-state index contributed by atoms with van der Waals surface area (Å²) < 4.78 is 6.01. The molecule has 7 heteroatoms. The fourth-order valence-corrected chi connectivity index (χ4v) is 3.47. The summed E-state index contributed by atoms with van der Waals surface area (Å²) in [5.74, 6) is 0.585. The van der Waals surface area contributed by atoms with E-state index >= 15 is 0 Å². The molecular formula is C18H18BrClN2O2S. The van der Waals surface area contributed by atoms with Crippen LogP contribution in [0.1, 0.15) is 12.5 Å². The minimum atomic E-state index is -0.274. The number of carbonyl (C=O) groups is 1. The minimum absolute atomic E-state index is 0.145. The molecule has 0 heterocycles. The molecule has 0 saturated carbocycles. The zero-order chi connectivity index (χ0) is 18.4. The summed E-state index contributed by atoms with van der Waals surface area (Å²) >= 11 is 10.7. The highest BCUT2D eigenvalue weighted by molar-refractivity contribution is 9.10. The summed E-state index contributed by atoms with van der Waals surface area (Å²) in [4.78, 5) is 13.2. The van der Waals surface area contributed by atoms with Crippen molar-refractivity contribution in [2.24, 2.45) is 0 Å². The highest BCUT2D eigenvalue weighted by Crippen LogP contribution is 2.27. The van der Waals surface area contributed by atoms with Gasteiger partial charge >= 0.3 is 0 Å². The van der Waals surface area contributed by atoms with E-state index < -0.39 is 0 Å². The van der Waals surface area contributed by atoms with Crippen LogP contribution in [-0.2, 0) is 4.79 Å². The van der Waals surface area contributed by atoms with Crippen molar-refractivity contribution in [3.8, 4) is 5.75 Å². The first-order valence-corrected chi connectivity index (χ1v) is 9.46. The van der Waals surface area contributed by atoms with E-state index in [9.17, 15) is 4.79 Å². The maximum absolute atomic E-state index is 12.2. The number of methoxy groups -OCH3 is 1. The van der Waals surface area contributed by atoms with E-state index in [2.05, 4.69) is 33.4 Å². The number of rotatable bonds is 7. The molecule has 0 saturated heterocycles. The predicted molar refractivity (Wildman–Crippen MR) is 108 cm³/mol. The summed E-state index contributed by atoms with van der Waals surface area (Å²) in [7, 11) is 1.60. The quantitative estimate of drug-likeness (QED) is 0.475. The number of benzene rings is 2. The Morgan fingerprint density at radius 1 is 1.24 bits per heavy atom. The number of ether oxygens (including phenoxy) is 1. The van der Waals surface area contributed by atoms with Crippen LogP contribution in [0.5, 0.6) is 5.75 Å². The maximum atomic E-state index is 12.2. The Morgan fingerprint density at radius 3 is 2.52 bits per heavy atom. The van der Waals surface area contributed by atoms with Gasteiger partial charge in [-0.1, -0.05) is 18.2 Å². The maximum Gasteiger partial charge on any atom is 0.251 e. The van der Waals surface area contributed by atoms with Gasteiger partial charge in [-0.25, -0.2) is 0 Å². The van der Waals surface area contributed by atoms with Crippen LogP contribution in [0, 0.1) is 0 Å². The van der Waals surface area contributed by atoms with Crippen molar-refractivity contribution in [2.45, 2.75) is 17.1 Å². The predicted octanol–water partition coefficient (Wildman–Crippen LogP) is 4.88. The number of nitrogens with one attached hydrogen (secondary N) is 2. The van der Waals surface area contributed by atoms with Crippen molar-refractivity contribution in [3.63, 3.8) is 0 Å². The van der Waals surface area contributed by atoms with E-state index in [1.54, 1.807) is 19.2 Å². The number of hydrogen-bond donors (Lipinski definition) is 2. The summed E-state index contributed by atoms with van der Waals surface area (Å²) in [6.07, 6.45) is 0. The van der Waals surface area contributed by atoms with Crippen LogP contribution < -0.4 is 15.6 Å². The Bertz CT molecular complexity index is 768. The molecule has 2 N–H and O–H groups in total. The van der Waals surface area contributed by atoms with Crippen molar-refractivity contribution >= 4 is 50.9 Å². The normalized spacial score (nSPS) is 11.5. The molecule has 132 valence electrons. The van der Waals surface area contributed by atoms with Gasteiger partial charge in [-0.05, 0) is 65.3 Å². The van der Waals surface area contributed by atoms with Crippen LogP contribution in [-0.4, -0.2) is 18.3 Å². The molecule has 2 rings (SSSR count). The third kappa shape index (κ3) is 5.70. The lowest BCUT2D eigenvalue weighted by atomic mass is 10.2. The number of carbonyl (C=O) groups excluding carboxylic acids is 1.